The summed E-state index contributed by atoms with van der Waals surface area (Å²) in [5.74, 6) is 0. The number of aryl methyl sites for hydroxylation is 3. The molecule has 1 aromatic heterocycles. The molecule has 3 nitrogen and oxygen atoms in total. The van der Waals surface area contributed by atoms with E-state index >= 15 is 0 Å². The van der Waals surface area contributed by atoms with E-state index in [1.54, 1.807) is 0 Å². The maximum absolute atomic E-state index is 6.32. The highest BCUT2D eigenvalue weighted by Crippen LogP contribution is 2.16. The van der Waals surface area contributed by atoms with Crippen molar-refractivity contribution in [2.75, 3.05) is 0 Å². The van der Waals surface area contributed by atoms with Crippen LogP contribution in [-0.2, 0) is 19.9 Å². The Morgan fingerprint density at radius 1 is 1.16 bits per heavy atom. The van der Waals surface area contributed by atoms with Crippen LogP contribution in [0, 0.1) is 20.8 Å². The maximum atomic E-state index is 6.32. The molecule has 0 aliphatic rings. The minimum Gasteiger partial charge on any atom is -0.327 e. The van der Waals surface area contributed by atoms with Gasteiger partial charge in [0.05, 0.1) is 5.69 Å². The van der Waals surface area contributed by atoms with Gasteiger partial charge in [-0.2, -0.15) is 5.10 Å². The van der Waals surface area contributed by atoms with Gasteiger partial charge in [0, 0.05) is 18.8 Å². The monoisotopic (exact) mass is 257 g/mol. The molecule has 1 atom stereocenters. The number of hydrogen-bond donors (Lipinski definition) is 1. The molecule has 2 N–H and O–H groups in total. The van der Waals surface area contributed by atoms with Crippen molar-refractivity contribution in [1.82, 2.24) is 9.78 Å². The Kier molecular flexibility index (Phi) is 4.05. The molecule has 0 radical (unpaired) electrons. The summed E-state index contributed by atoms with van der Waals surface area (Å²) >= 11 is 0. The molecule has 0 spiro atoms. The number of nitrogens with zero attached hydrogens (tertiary/aromatic N) is 2. The molecular formula is C16H23N3. The molecule has 0 saturated heterocycles. The third-order valence-electron chi connectivity index (χ3n) is 3.87. The molecule has 2 aromatic rings. The summed E-state index contributed by atoms with van der Waals surface area (Å²) in [7, 11) is 1.98. The van der Waals surface area contributed by atoms with Gasteiger partial charge >= 0.3 is 0 Å². The topological polar surface area (TPSA) is 43.8 Å². The van der Waals surface area contributed by atoms with Crippen LogP contribution in [0.2, 0.25) is 0 Å². The van der Waals surface area contributed by atoms with Crippen molar-refractivity contribution in [3.05, 3.63) is 52.3 Å². The molecule has 0 bridgehead atoms. The van der Waals surface area contributed by atoms with Crippen LogP contribution in [0.4, 0.5) is 0 Å². The number of rotatable bonds is 4. The third kappa shape index (κ3) is 3.04. The summed E-state index contributed by atoms with van der Waals surface area (Å²) in [6.45, 7) is 6.31. The van der Waals surface area contributed by atoms with Gasteiger partial charge < -0.3 is 5.73 Å². The zero-order valence-electron chi connectivity index (χ0n) is 12.3. The molecule has 0 saturated carbocycles. The van der Waals surface area contributed by atoms with E-state index in [9.17, 15) is 0 Å². The fraction of sp³-hybridized carbons (Fsp3) is 0.438. The summed E-state index contributed by atoms with van der Waals surface area (Å²) < 4.78 is 1.94. The van der Waals surface area contributed by atoms with Crippen molar-refractivity contribution in [3.63, 3.8) is 0 Å². The summed E-state index contributed by atoms with van der Waals surface area (Å²) in [6.07, 6.45) is 1.81. The van der Waals surface area contributed by atoms with Gasteiger partial charge in [-0.1, -0.05) is 24.3 Å². The standard InChI is InChI=1S/C16H23N3/c1-11-7-5-6-8-14(11)9-15(17)10-16-12(2)18-19(4)13(16)3/h5-8,15H,9-10,17H2,1-4H3. The van der Waals surface area contributed by atoms with Crippen molar-refractivity contribution >= 4 is 0 Å². The lowest BCUT2D eigenvalue weighted by molar-refractivity contribution is 0.656. The Hall–Kier alpha value is -1.61. The Morgan fingerprint density at radius 2 is 1.84 bits per heavy atom. The van der Waals surface area contributed by atoms with Gasteiger partial charge in [-0.3, -0.25) is 4.68 Å². The van der Waals surface area contributed by atoms with Crippen LogP contribution in [0.25, 0.3) is 0 Å². The number of benzene rings is 1. The molecular weight excluding hydrogens is 234 g/mol. The van der Waals surface area contributed by atoms with E-state index in [0.29, 0.717) is 0 Å². The van der Waals surface area contributed by atoms with E-state index in [-0.39, 0.29) is 6.04 Å². The number of aromatic nitrogens is 2. The average Bonchev–Trinajstić information content (AvgIpc) is 2.59. The molecule has 0 aliphatic carbocycles. The normalized spacial score (nSPS) is 12.7. The second-order valence-electron chi connectivity index (χ2n) is 5.37. The fourth-order valence-corrected chi connectivity index (χ4v) is 2.57. The van der Waals surface area contributed by atoms with E-state index in [1.807, 2.05) is 11.7 Å². The Balaban J connectivity index is 2.10. The van der Waals surface area contributed by atoms with E-state index in [2.05, 4.69) is 50.1 Å². The van der Waals surface area contributed by atoms with Crippen LogP contribution in [-0.4, -0.2) is 15.8 Å². The van der Waals surface area contributed by atoms with Gasteiger partial charge in [0.15, 0.2) is 0 Å². The van der Waals surface area contributed by atoms with Crippen molar-refractivity contribution in [1.29, 1.82) is 0 Å². The van der Waals surface area contributed by atoms with Gasteiger partial charge in [0.1, 0.15) is 0 Å². The summed E-state index contributed by atoms with van der Waals surface area (Å²) in [5, 5.41) is 4.45. The zero-order chi connectivity index (χ0) is 14.0. The lowest BCUT2D eigenvalue weighted by Gasteiger charge is -2.14. The molecule has 1 aromatic carbocycles. The quantitative estimate of drug-likeness (QED) is 0.914. The highest BCUT2D eigenvalue weighted by Gasteiger charge is 2.14. The van der Waals surface area contributed by atoms with Gasteiger partial charge in [0.2, 0.25) is 0 Å². The minimum atomic E-state index is 0.141. The molecule has 1 heterocycles. The predicted octanol–water partition coefficient (Wildman–Crippen LogP) is 2.46. The predicted molar refractivity (Wildman–Crippen MR) is 79.2 cm³/mol. The molecule has 0 aliphatic heterocycles. The first-order valence-corrected chi connectivity index (χ1v) is 6.78. The van der Waals surface area contributed by atoms with Gasteiger partial charge in [0.25, 0.3) is 0 Å². The molecule has 0 amide bonds. The van der Waals surface area contributed by atoms with E-state index in [0.717, 1.165) is 18.5 Å². The second kappa shape index (κ2) is 5.57. The van der Waals surface area contributed by atoms with Crippen LogP contribution >= 0.6 is 0 Å². The van der Waals surface area contributed by atoms with E-state index < -0.39 is 0 Å². The smallest absolute Gasteiger partial charge is 0.0628 e. The van der Waals surface area contributed by atoms with Crippen molar-refractivity contribution in [2.24, 2.45) is 12.8 Å². The van der Waals surface area contributed by atoms with Crippen molar-refractivity contribution in [3.8, 4) is 0 Å². The Bertz CT molecular complexity index is 569. The number of nitrogens with two attached hydrogens (primary N) is 1. The van der Waals surface area contributed by atoms with Crippen LogP contribution in [0.1, 0.15) is 28.1 Å². The summed E-state index contributed by atoms with van der Waals surface area (Å²) in [5.41, 5.74) is 12.6. The summed E-state index contributed by atoms with van der Waals surface area (Å²) in [6, 6.07) is 8.60. The van der Waals surface area contributed by atoms with Crippen LogP contribution in [0.5, 0.6) is 0 Å². The first-order valence-electron chi connectivity index (χ1n) is 6.78. The van der Waals surface area contributed by atoms with Crippen LogP contribution in [0.15, 0.2) is 24.3 Å². The Morgan fingerprint density at radius 3 is 2.42 bits per heavy atom. The van der Waals surface area contributed by atoms with Gasteiger partial charge in [-0.15, -0.1) is 0 Å². The van der Waals surface area contributed by atoms with Crippen molar-refractivity contribution in [2.45, 2.75) is 39.7 Å². The molecule has 0 fully saturated rings. The average molecular weight is 257 g/mol. The molecule has 3 heteroatoms. The lowest BCUT2D eigenvalue weighted by Crippen LogP contribution is -2.26. The SMILES string of the molecule is Cc1ccccc1CC(N)Cc1c(C)nn(C)c1C. The summed E-state index contributed by atoms with van der Waals surface area (Å²) in [4.78, 5) is 0. The molecule has 102 valence electrons. The van der Waals surface area contributed by atoms with E-state index in [1.165, 1.54) is 22.4 Å². The van der Waals surface area contributed by atoms with E-state index in [4.69, 9.17) is 5.73 Å². The molecule has 19 heavy (non-hydrogen) atoms. The zero-order valence-corrected chi connectivity index (χ0v) is 12.3. The minimum absolute atomic E-state index is 0.141. The second-order valence-corrected chi connectivity index (χ2v) is 5.37. The first kappa shape index (κ1) is 13.8. The molecule has 1 unspecified atom stereocenters. The van der Waals surface area contributed by atoms with Crippen LogP contribution in [0.3, 0.4) is 0 Å². The Labute approximate surface area is 115 Å². The highest BCUT2D eigenvalue weighted by molar-refractivity contribution is 5.29. The van der Waals surface area contributed by atoms with Gasteiger partial charge in [-0.25, -0.2) is 0 Å². The van der Waals surface area contributed by atoms with Gasteiger partial charge in [-0.05, 0) is 50.3 Å². The fourth-order valence-electron chi connectivity index (χ4n) is 2.57. The third-order valence-corrected chi connectivity index (χ3v) is 3.87. The highest BCUT2D eigenvalue weighted by atomic mass is 15.3. The largest absolute Gasteiger partial charge is 0.327 e. The maximum Gasteiger partial charge on any atom is 0.0628 e. The number of hydrogen-bond acceptors (Lipinski definition) is 2. The first-order chi connectivity index (χ1) is 8.99. The lowest BCUT2D eigenvalue weighted by atomic mass is 9.96. The van der Waals surface area contributed by atoms with Crippen LogP contribution < -0.4 is 5.73 Å². The van der Waals surface area contributed by atoms with Crippen molar-refractivity contribution < 1.29 is 0 Å². The molecule has 2 rings (SSSR count).